The van der Waals surface area contributed by atoms with E-state index in [1.807, 2.05) is 25.1 Å². The lowest BCUT2D eigenvalue weighted by molar-refractivity contribution is 0.0398. The number of rotatable bonds is 8. The molecule has 3 aromatic heterocycles. The van der Waals surface area contributed by atoms with E-state index in [0.29, 0.717) is 49.0 Å². The third-order valence-corrected chi connectivity index (χ3v) is 8.48. The average molecular weight is 612 g/mol. The molecule has 13 heteroatoms. The van der Waals surface area contributed by atoms with Crippen LogP contribution in [0.5, 0.6) is 5.75 Å². The van der Waals surface area contributed by atoms with Crippen LogP contribution < -0.4 is 5.32 Å². The van der Waals surface area contributed by atoms with Crippen molar-refractivity contribution in [1.82, 2.24) is 39.9 Å². The topological polar surface area (TPSA) is 148 Å². The maximum Gasteiger partial charge on any atom is 0.274 e. The normalized spacial score (nSPS) is 15.4. The molecule has 0 radical (unpaired) electrons. The van der Waals surface area contributed by atoms with Gasteiger partial charge in [0.2, 0.25) is 0 Å². The highest BCUT2D eigenvalue weighted by atomic mass is 19.1. The number of fused-ring (bicyclic) bond motifs is 2. The van der Waals surface area contributed by atoms with Crippen molar-refractivity contribution in [2.75, 3.05) is 51.3 Å². The number of aromatic nitrogens is 6. The van der Waals surface area contributed by atoms with Crippen LogP contribution in [0.1, 0.15) is 34.4 Å². The molecule has 232 valence electrons. The van der Waals surface area contributed by atoms with Crippen LogP contribution in [-0.2, 0) is 24.1 Å². The number of hydrogen-bond acceptors (Lipinski definition) is 9. The Kier molecular flexibility index (Phi) is 7.86. The van der Waals surface area contributed by atoms with Crippen LogP contribution >= 0.6 is 0 Å². The van der Waals surface area contributed by atoms with Crippen molar-refractivity contribution in [2.24, 2.45) is 0 Å². The number of morpholine rings is 1. The first-order valence-electron chi connectivity index (χ1n) is 15.2. The van der Waals surface area contributed by atoms with Gasteiger partial charge in [-0.15, -0.1) is 0 Å². The quantitative estimate of drug-likeness (QED) is 0.206. The summed E-state index contributed by atoms with van der Waals surface area (Å²) < 4.78 is 19.6. The second-order valence-electron chi connectivity index (χ2n) is 11.3. The molecule has 1 amide bonds. The summed E-state index contributed by atoms with van der Waals surface area (Å²) in [7, 11) is 0. The SMILES string of the molecule is CCc1cc(O)c(F)cc1-c1ccc2c(-c3nc4c([nH]3)CN(C(=O)c3cnc(NCCN5CCOCC5)cn3)CC4)n[nH]c2c1. The van der Waals surface area contributed by atoms with Crippen molar-refractivity contribution >= 4 is 22.6 Å². The molecule has 0 spiro atoms. The number of halogens is 1. The van der Waals surface area contributed by atoms with E-state index in [1.165, 1.54) is 18.3 Å². The van der Waals surface area contributed by atoms with E-state index in [1.54, 1.807) is 11.1 Å². The van der Waals surface area contributed by atoms with Gasteiger partial charge in [-0.05, 0) is 47.4 Å². The fourth-order valence-corrected chi connectivity index (χ4v) is 5.97. The van der Waals surface area contributed by atoms with Gasteiger partial charge in [0.1, 0.15) is 17.2 Å². The highest BCUT2D eigenvalue weighted by molar-refractivity contribution is 5.94. The van der Waals surface area contributed by atoms with Gasteiger partial charge in [-0.25, -0.2) is 19.3 Å². The first kappa shape index (κ1) is 28.9. The predicted octanol–water partition coefficient (Wildman–Crippen LogP) is 3.76. The number of phenols is 1. The third kappa shape index (κ3) is 5.83. The van der Waals surface area contributed by atoms with Crippen molar-refractivity contribution < 1.29 is 19.0 Å². The number of carbonyl (C=O) groups is 1. The van der Waals surface area contributed by atoms with E-state index in [0.717, 1.165) is 78.4 Å². The highest BCUT2D eigenvalue weighted by Crippen LogP contribution is 2.34. The number of aromatic amines is 2. The number of hydrogen-bond donors (Lipinski definition) is 4. The molecule has 4 N–H and O–H groups in total. The summed E-state index contributed by atoms with van der Waals surface area (Å²) in [6.07, 6.45) is 4.38. The summed E-state index contributed by atoms with van der Waals surface area (Å²) in [5.74, 6) is 0.0664. The summed E-state index contributed by atoms with van der Waals surface area (Å²) in [5, 5.41) is 21.6. The van der Waals surface area contributed by atoms with Crippen LogP contribution in [0, 0.1) is 5.82 Å². The minimum Gasteiger partial charge on any atom is -0.505 e. The molecule has 2 aliphatic rings. The zero-order valence-electron chi connectivity index (χ0n) is 24.9. The molecule has 0 atom stereocenters. The van der Waals surface area contributed by atoms with Crippen molar-refractivity contribution in [1.29, 1.82) is 0 Å². The number of anilines is 1. The van der Waals surface area contributed by atoms with Crippen LogP contribution in [0.25, 0.3) is 33.5 Å². The maximum atomic E-state index is 14.2. The zero-order valence-corrected chi connectivity index (χ0v) is 24.9. The predicted molar refractivity (Wildman–Crippen MR) is 166 cm³/mol. The van der Waals surface area contributed by atoms with E-state index in [-0.39, 0.29) is 11.7 Å². The van der Waals surface area contributed by atoms with Crippen LogP contribution in [0.2, 0.25) is 0 Å². The van der Waals surface area contributed by atoms with Gasteiger partial charge in [0, 0.05) is 44.5 Å². The van der Waals surface area contributed by atoms with Gasteiger partial charge in [0.15, 0.2) is 17.4 Å². The van der Waals surface area contributed by atoms with Crippen molar-refractivity contribution in [3.63, 3.8) is 0 Å². The summed E-state index contributed by atoms with van der Waals surface area (Å²) >= 11 is 0. The number of phenolic OH excluding ortho intramolecular Hbond substituents is 1. The van der Waals surface area contributed by atoms with Gasteiger partial charge < -0.3 is 25.0 Å². The number of aryl methyl sites for hydroxylation is 1. The summed E-state index contributed by atoms with van der Waals surface area (Å²) in [5.41, 5.74) is 5.90. The number of H-pyrrole nitrogens is 2. The molecule has 12 nitrogen and oxygen atoms in total. The molecule has 5 aromatic rings. The zero-order chi connectivity index (χ0) is 30.9. The lowest BCUT2D eigenvalue weighted by atomic mass is 9.96. The van der Waals surface area contributed by atoms with Crippen LogP contribution in [-0.4, -0.2) is 96.9 Å². The molecule has 1 saturated heterocycles. The van der Waals surface area contributed by atoms with Gasteiger partial charge in [-0.2, -0.15) is 5.10 Å². The number of aromatic hydroxyl groups is 1. The Balaban J connectivity index is 1.03. The Morgan fingerprint density at radius 3 is 2.80 bits per heavy atom. The fraction of sp³-hybridized carbons (Fsp3) is 0.344. The number of nitrogens with zero attached hydrogens (tertiary/aromatic N) is 6. The second kappa shape index (κ2) is 12.3. The minimum atomic E-state index is -0.655. The molecule has 0 bridgehead atoms. The minimum absolute atomic E-state index is 0.181. The number of amides is 1. The van der Waals surface area contributed by atoms with Crippen molar-refractivity contribution in [3.8, 4) is 28.4 Å². The molecule has 45 heavy (non-hydrogen) atoms. The monoisotopic (exact) mass is 611 g/mol. The number of benzene rings is 2. The second-order valence-corrected chi connectivity index (χ2v) is 11.3. The third-order valence-electron chi connectivity index (χ3n) is 8.48. The number of carbonyl (C=O) groups excluding carboxylic acids is 1. The Labute approximate surface area is 258 Å². The van der Waals surface area contributed by atoms with Crippen LogP contribution in [0.4, 0.5) is 10.2 Å². The van der Waals surface area contributed by atoms with Gasteiger partial charge in [-0.1, -0.05) is 13.0 Å². The lowest BCUT2D eigenvalue weighted by Crippen LogP contribution is -2.39. The Bertz CT molecular complexity index is 1850. The lowest BCUT2D eigenvalue weighted by Gasteiger charge is -2.26. The Morgan fingerprint density at radius 1 is 1.13 bits per heavy atom. The van der Waals surface area contributed by atoms with Gasteiger partial charge in [-0.3, -0.25) is 14.8 Å². The van der Waals surface area contributed by atoms with Crippen molar-refractivity contribution in [3.05, 3.63) is 71.2 Å². The number of ether oxygens (including phenoxy) is 1. The summed E-state index contributed by atoms with van der Waals surface area (Å²) in [6.45, 7) is 7.89. The summed E-state index contributed by atoms with van der Waals surface area (Å²) in [4.78, 5) is 34.3. The maximum absolute atomic E-state index is 14.2. The standard InChI is InChI=1S/C32H34FN9O3/c1-2-19-14-28(43)23(33)15-22(19)20-3-4-21-25(13-20)39-40-30(21)31-37-24-5-7-42(18-27(24)38-31)32(44)26-16-36-29(17-35-26)34-6-8-41-9-11-45-12-10-41/h3-4,13-17,43H,2,5-12,18H2,1H3,(H,34,36)(H,37,38)(H,39,40). The first-order chi connectivity index (χ1) is 22.0. The Hall–Kier alpha value is -4.88. The summed E-state index contributed by atoms with van der Waals surface area (Å²) in [6, 6.07) is 8.62. The van der Waals surface area contributed by atoms with Gasteiger partial charge >= 0.3 is 0 Å². The van der Waals surface area contributed by atoms with E-state index < -0.39 is 5.82 Å². The molecule has 2 aromatic carbocycles. The first-order valence-corrected chi connectivity index (χ1v) is 15.2. The van der Waals surface area contributed by atoms with Crippen LogP contribution in [0.15, 0.2) is 42.7 Å². The van der Waals surface area contributed by atoms with E-state index in [9.17, 15) is 14.3 Å². The molecule has 5 heterocycles. The molecular weight excluding hydrogens is 577 g/mol. The Morgan fingerprint density at radius 2 is 2.00 bits per heavy atom. The number of imidazole rings is 1. The van der Waals surface area contributed by atoms with Crippen molar-refractivity contribution in [2.45, 2.75) is 26.3 Å². The molecule has 0 aliphatic carbocycles. The largest absolute Gasteiger partial charge is 0.505 e. The molecule has 0 unspecified atom stereocenters. The van der Waals surface area contributed by atoms with E-state index in [4.69, 9.17) is 9.72 Å². The molecule has 0 saturated carbocycles. The molecule has 1 fully saturated rings. The smallest absolute Gasteiger partial charge is 0.274 e. The average Bonchev–Trinajstić information content (AvgIpc) is 3.69. The highest BCUT2D eigenvalue weighted by Gasteiger charge is 2.27. The van der Waals surface area contributed by atoms with Gasteiger partial charge in [0.25, 0.3) is 5.91 Å². The van der Waals surface area contributed by atoms with E-state index in [2.05, 4.69) is 35.4 Å². The van der Waals surface area contributed by atoms with E-state index >= 15 is 0 Å². The van der Waals surface area contributed by atoms with Gasteiger partial charge in [0.05, 0.1) is 49.1 Å². The fourth-order valence-electron chi connectivity index (χ4n) is 5.97. The van der Waals surface area contributed by atoms with Crippen LogP contribution in [0.3, 0.4) is 0 Å². The number of nitrogens with one attached hydrogen (secondary N) is 3. The molecule has 2 aliphatic heterocycles. The molecule has 7 rings (SSSR count). The molecular formula is C32H34FN9O3.